The highest BCUT2D eigenvalue weighted by atomic mass is 32.2. The number of hydrogen-bond acceptors (Lipinski definition) is 4. The van der Waals surface area contributed by atoms with E-state index >= 15 is 0 Å². The van der Waals surface area contributed by atoms with E-state index < -0.39 is 27.8 Å². The van der Waals surface area contributed by atoms with Gasteiger partial charge in [-0.25, -0.2) is 17.5 Å². The van der Waals surface area contributed by atoms with Gasteiger partial charge in [0.25, 0.3) is 0 Å². The molecule has 0 radical (unpaired) electrons. The standard InChI is InChI=1S/C17H19FN2O4S/c1-24-15-5-3-4-14(10-15)19-17(21)11-16(20-25(2,22)23)12-6-8-13(18)9-7-12/h3-10,16,20H,11H2,1-2H3,(H,19,21). The third kappa shape index (κ3) is 6.17. The van der Waals surface area contributed by atoms with Crippen LogP contribution in [0.4, 0.5) is 10.1 Å². The monoisotopic (exact) mass is 366 g/mol. The molecule has 8 heteroatoms. The number of ether oxygens (including phenoxy) is 1. The summed E-state index contributed by atoms with van der Waals surface area (Å²) in [5.41, 5.74) is 1.02. The largest absolute Gasteiger partial charge is 0.497 e. The second-order valence-electron chi connectivity index (χ2n) is 5.48. The zero-order chi connectivity index (χ0) is 18.4. The average molecular weight is 366 g/mol. The van der Waals surface area contributed by atoms with E-state index in [1.807, 2.05) is 0 Å². The fourth-order valence-electron chi connectivity index (χ4n) is 2.28. The molecule has 6 nitrogen and oxygen atoms in total. The van der Waals surface area contributed by atoms with Gasteiger partial charge in [-0.1, -0.05) is 18.2 Å². The first kappa shape index (κ1) is 18.9. The quantitative estimate of drug-likeness (QED) is 0.788. The topological polar surface area (TPSA) is 84.5 Å². The highest BCUT2D eigenvalue weighted by Gasteiger charge is 2.20. The molecule has 0 heterocycles. The lowest BCUT2D eigenvalue weighted by atomic mass is 10.0. The number of rotatable bonds is 7. The molecule has 0 saturated heterocycles. The summed E-state index contributed by atoms with van der Waals surface area (Å²) in [4.78, 5) is 12.3. The molecule has 134 valence electrons. The van der Waals surface area contributed by atoms with Crippen LogP contribution < -0.4 is 14.8 Å². The number of sulfonamides is 1. The zero-order valence-electron chi connectivity index (χ0n) is 13.8. The smallest absolute Gasteiger partial charge is 0.226 e. The molecule has 0 bridgehead atoms. The summed E-state index contributed by atoms with van der Waals surface area (Å²) in [7, 11) is -2.04. The zero-order valence-corrected chi connectivity index (χ0v) is 14.6. The lowest BCUT2D eigenvalue weighted by molar-refractivity contribution is -0.116. The highest BCUT2D eigenvalue weighted by molar-refractivity contribution is 7.88. The number of carbonyl (C=O) groups is 1. The van der Waals surface area contributed by atoms with Crippen LogP contribution in [0, 0.1) is 5.82 Å². The molecule has 0 aliphatic rings. The molecule has 25 heavy (non-hydrogen) atoms. The van der Waals surface area contributed by atoms with Crippen LogP contribution in [-0.4, -0.2) is 27.7 Å². The maximum Gasteiger partial charge on any atom is 0.226 e. The Morgan fingerprint density at radius 1 is 1.20 bits per heavy atom. The molecule has 1 unspecified atom stereocenters. The van der Waals surface area contributed by atoms with Crippen molar-refractivity contribution in [1.29, 1.82) is 0 Å². The maximum absolute atomic E-state index is 13.1. The van der Waals surface area contributed by atoms with Gasteiger partial charge >= 0.3 is 0 Å². The summed E-state index contributed by atoms with van der Waals surface area (Å²) in [6.07, 6.45) is 0.861. The van der Waals surface area contributed by atoms with Gasteiger partial charge in [-0.15, -0.1) is 0 Å². The third-order valence-corrected chi connectivity index (χ3v) is 4.08. The van der Waals surface area contributed by atoms with E-state index in [-0.39, 0.29) is 6.42 Å². The average Bonchev–Trinajstić information content (AvgIpc) is 2.53. The molecule has 2 rings (SSSR count). The molecule has 0 aliphatic carbocycles. The molecule has 0 fully saturated rings. The van der Waals surface area contributed by atoms with Crippen LogP contribution in [0.25, 0.3) is 0 Å². The van der Waals surface area contributed by atoms with Crippen LogP contribution in [-0.2, 0) is 14.8 Å². The Bertz CT molecular complexity index is 838. The van der Waals surface area contributed by atoms with Gasteiger partial charge in [-0.05, 0) is 29.8 Å². The molecule has 1 atom stereocenters. The van der Waals surface area contributed by atoms with E-state index in [9.17, 15) is 17.6 Å². The van der Waals surface area contributed by atoms with Gasteiger partial charge in [-0.2, -0.15) is 0 Å². The first-order valence-electron chi connectivity index (χ1n) is 7.43. The number of anilines is 1. The van der Waals surface area contributed by atoms with Crippen molar-refractivity contribution < 1.29 is 22.3 Å². The first-order valence-corrected chi connectivity index (χ1v) is 9.32. The van der Waals surface area contributed by atoms with E-state index in [1.165, 1.54) is 31.4 Å². The predicted octanol–water partition coefficient (Wildman–Crippen LogP) is 2.45. The Labute approximate surface area is 146 Å². The number of benzene rings is 2. The number of nitrogens with one attached hydrogen (secondary N) is 2. The second kappa shape index (κ2) is 8.09. The van der Waals surface area contributed by atoms with Crippen LogP contribution in [0.15, 0.2) is 48.5 Å². The molecule has 0 saturated carbocycles. The molecule has 2 aromatic carbocycles. The molecular formula is C17H19FN2O4S. The maximum atomic E-state index is 13.1. The van der Waals surface area contributed by atoms with Gasteiger partial charge in [0, 0.05) is 18.2 Å². The Balaban J connectivity index is 2.14. The molecule has 1 amide bonds. The van der Waals surface area contributed by atoms with E-state index in [2.05, 4.69) is 10.0 Å². The van der Waals surface area contributed by atoms with Crippen molar-refractivity contribution in [3.05, 3.63) is 59.9 Å². The van der Waals surface area contributed by atoms with Crippen LogP contribution in [0.3, 0.4) is 0 Å². The van der Waals surface area contributed by atoms with Gasteiger partial charge in [-0.3, -0.25) is 4.79 Å². The van der Waals surface area contributed by atoms with Gasteiger partial charge in [0.05, 0.1) is 19.4 Å². The lowest BCUT2D eigenvalue weighted by Gasteiger charge is -2.18. The van der Waals surface area contributed by atoms with Gasteiger partial charge in [0.15, 0.2) is 0 Å². The number of halogens is 1. The van der Waals surface area contributed by atoms with Crippen molar-refractivity contribution in [3.8, 4) is 5.75 Å². The Kier molecular flexibility index (Phi) is 6.11. The predicted molar refractivity (Wildman–Crippen MR) is 93.4 cm³/mol. The van der Waals surface area contributed by atoms with E-state index in [4.69, 9.17) is 4.74 Å². The fourth-order valence-corrected chi connectivity index (χ4v) is 3.02. The van der Waals surface area contributed by atoms with Crippen LogP contribution >= 0.6 is 0 Å². The van der Waals surface area contributed by atoms with Crippen molar-refractivity contribution in [2.45, 2.75) is 12.5 Å². The summed E-state index contributed by atoms with van der Waals surface area (Å²) in [5, 5.41) is 2.69. The van der Waals surface area contributed by atoms with Crippen molar-refractivity contribution in [2.24, 2.45) is 0 Å². The molecule has 2 N–H and O–H groups in total. The summed E-state index contributed by atoms with van der Waals surface area (Å²) in [6, 6.07) is 11.3. The summed E-state index contributed by atoms with van der Waals surface area (Å²) < 4.78 is 43.7. The van der Waals surface area contributed by atoms with Crippen molar-refractivity contribution in [3.63, 3.8) is 0 Å². The Morgan fingerprint density at radius 2 is 1.88 bits per heavy atom. The number of hydrogen-bond donors (Lipinski definition) is 2. The first-order chi connectivity index (χ1) is 11.8. The van der Waals surface area contributed by atoms with Gasteiger partial charge in [0.2, 0.25) is 15.9 Å². The van der Waals surface area contributed by atoms with Crippen LogP contribution in [0.5, 0.6) is 5.75 Å². The van der Waals surface area contributed by atoms with Crippen LogP contribution in [0.2, 0.25) is 0 Å². The van der Waals surface area contributed by atoms with E-state index in [0.29, 0.717) is 17.0 Å². The van der Waals surface area contributed by atoms with Crippen molar-refractivity contribution in [1.82, 2.24) is 4.72 Å². The highest BCUT2D eigenvalue weighted by Crippen LogP contribution is 2.21. The number of amides is 1. The second-order valence-corrected chi connectivity index (χ2v) is 7.26. The summed E-state index contributed by atoms with van der Waals surface area (Å²) >= 11 is 0. The Hall–Kier alpha value is -2.45. The van der Waals surface area contributed by atoms with Gasteiger partial charge in [0.1, 0.15) is 11.6 Å². The number of carbonyl (C=O) groups excluding carboxylic acids is 1. The van der Waals surface area contributed by atoms with Crippen LogP contribution in [0.1, 0.15) is 18.0 Å². The Morgan fingerprint density at radius 3 is 2.48 bits per heavy atom. The van der Waals surface area contributed by atoms with E-state index in [1.54, 1.807) is 24.3 Å². The molecule has 0 aromatic heterocycles. The molecule has 2 aromatic rings. The molecular weight excluding hydrogens is 347 g/mol. The normalized spacial score (nSPS) is 12.4. The minimum Gasteiger partial charge on any atom is -0.497 e. The minimum absolute atomic E-state index is 0.143. The summed E-state index contributed by atoms with van der Waals surface area (Å²) in [6.45, 7) is 0. The molecule has 0 spiro atoms. The SMILES string of the molecule is COc1cccc(NC(=O)CC(NS(C)(=O)=O)c2ccc(F)cc2)c1. The summed E-state index contributed by atoms with van der Waals surface area (Å²) in [5.74, 6) is -0.247. The van der Waals surface area contributed by atoms with Crippen molar-refractivity contribution in [2.75, 3.05) is 18.7 Å². The minimum atomic E-state index is -3.55. The lowest BCUT2D eigenvalue weighted by Crippen LogP contribution is -2.30. The van der Waals surface area contributed by atoms with Crippen molar-refractivity contribution >= 4 is 21.6 Å². The fraction of sp³-hybridized carbons (Fsp3) is 0.235. The van der Waals surface area contributed by atoms with Gasteiger partial charge < -0.3 is 10.1 Å². The third-order valence-electron chi connectivity index (χ3n) is 3.37. The molecule has 0 aliphatic heterocycles. The van der Waals surface area contributed by atoms with E-state index in [0.717, 1.165) is 6.26 Å². The number of methoxy groups -OCH3 is 1.